The maximum atomic E-state index is 5.73. The van der Waals surface area contributed by atoms with Crippen molar-refractivity contribution in [2.75, 3.05) is 18.4 Å². The van der Waals surface area contributed by atoms with Crippen molar-refractivity contribution in [3.8, 4) is 0 Å². The number of fused-ring (bicyclic) bond motifs is 1. The quantitative estimate of drug-likeness (QED) is 0.814. The topological polar surface area (TPSA) is 49.6 Å². The number of nitrogens with zero attached hydrogens (tertiary/aromatic N) is 1. The fourth-order valence-electron chi connectivity index (χ4n) is 1.88. The maximum absolute atomic E-state index is 5.73. The van der Waals surface area contributed by atoms with Crippen LogP contribution in [0.2, 0.25) is 0 Å². The molecule has 17 heavy (non-hydrogen) atoms. The summed E-state index contributed by atoms with van der Waals surface area (Å²) in [5, 5.41) is 7.21. The first kappa shape index (κ1) is 10.3. The fourth-order valence-corrected chi connectivity index (χ4v) is 2.02. The van der Waals surface area contributed by atoms with Crippen LogP contribution in [-0.2, 0) is 0 Å². The third-order valence-corrected chi connectivity index (χ3v) is 2.77. The molecule has 1 aliphatic rings. The highest BCUT2D eigenvalue weighted by Gasteiger charge is 2.13. The summed E-state index contributed by atoms with van der Waals surface area (Å²) in [4.78, 5) is 4.33. The molecule has 2 heterocycles. The van der Waals surface area contributed by atoms with Gasteiger partial charge in [0.25, 0.3) is 0 Å². The van der Waals surface area contributed by atoms with Crippen LogP contribution in [0.15, 0.2) is 33.7 Å². The summed E-state index contributed by atoms with van der Waals surface area (Å²) in [5.41, 5.74) is 3.30. The third kappa shape index (κ3) is 1.89. The molecule has 5 heteroatoms. The molecule has 3 rings (SSSR count). The highest BCUT2D eigenvalue weighted by atomic mass is 32.1. The smallest absolute Gasteiger partial charge is 0.170 e. The number of hydrogen-bond donors (Lipinski definition) is 2. The molecule has 1 aliphatic heterocycles. The molecule has 0 unspecified atom stereocenters. The predicted molar refractivity (Wildman–Crippen MR) is 72.9 cm³/mol. The van der Waals surface area contributed by atoms with Crippen molar-refractivity contribution in [2.45, 2.75) is 0 Å². The van der Waals surface area contributed by atoms with Gasteiger partial charge in [-0.2, -0.15) is 0 Å². The second kappa shape index (κ2) is 4.18. The number of aliphatic imine (C=N–C) groups is 1. The van der Waals surface area contributed by atoms with Crippen molar-refractivity contribution in [3.05, 3.63) is 30.0 Å². The van der Waals surface area contributed by atoms with Gasteiger partial charge in [0, 0.05) is 17.6 Å². The van der Waals surface area contributed by atoms with E-state index in [2.05, 4.69) is 15.6 Å². The molecule has 1 aromatic heterocycles. The lowest BCUT2D eigenvalue weighted by Gasteiger charge is -1.97. The number of rotatable bonds is 3. The lowest BCUT2D eigenvalue weighted by molar-refractivity contribution is 0.602. The van der Waals surface area contributed by atoms with E-state index in [0.29, 0.717) is 0 Å². The summed E-state index contributed by atoms with van der Waals surface area (Å²) in [6, 6.07) is 7.85. The van der Waals surface area contributed by atoms with E-state index in [1.165, 1.54) is 5.49 Å². The summed E-state index contributed by atoms with van der Waals surface area (Å²) < 4.78 is 5.73. The van der Waals surface area contributed by atoms with E-state index in [4.69, 9.17) is 16.6 Å². The van der Waals surface area contributed by atoms with Gasteiger partial charge in [-0.15, -0.1) is 0 Å². The average Bonchev–Trinajstić information content (AvgIpc) is 2.97. The molecular formula is C12H11N3OS. The zero-order chi connectivity index (χ0) is 11.7. The standard InChI is InChI=1S/C12H11N3OS/c17-7-15-9-1-2-10-8(5-9)6-11(16-10)12-13-3-4-14-12/h1-2,5-7H,3-4H2,(H,13,14)(H,15,17). The number of furan rings is 1. The van der Waals surface area contributed by atoms with Crippen molar-refractivity contribution in [2.24, 2.45) is 4.99 Å². The van der Waals surface area contributed by atoms with E-state index in [1.54, 1.807) is 0 Å². The lowest BCUT2D eigenvalue weighted by atomic mass is 10.2. The number of thiocarbonyl (C=S) groups is 1. The average molecular weight is 245 g/mol. The van der Waals surface area contributed by atoms with Crippen LogP contribution < -0.4 is 10.6 Å². The molecule has 0 saturated carbocycles. The molecule has 0 bridgehead atoms. The van der Waals surface area contributed by atoms with Gasteiger partial charge in [0.2, 0.25) is 0 Å². The Morgan fingerprint density at radius 1 is 1.41 bits per heavy atom. The second-order valence-electron chi connectivity index (χ2n) is 3.78. The van der Waals surface area contributed by atoms with E-state index in [0.717, 1.165) is 41.3 Å². The molecule has 1 aromatic carbocycles. The predicted octanol–water partition coefficient (Wildman–Crippen LogP) is 2.15. The largest absolute Gasteiger partial charge is 0.453 e. The van der Waals surface area contributed by atoms with Crippen LogP contribution >= 0.6 is 12.2 Å². The molecule has 0 spiro atoms. The molecule has 0 amide bonds. The summed E-state index contributed by atoms with van der Waals surface area (Å²) in [6.07, 6.45) is 0. The molecule has 2 aromatic rings. The Bertz CT molecular complexity index is 603. The number of anilines is 1. The monoisotopic (exact) mass is 245 g/mol. The number of hydrogen-bond acceptors (Lipinski definition) is 4. The minimum Gasteiger partial charge on any atom is -0.453 e. The lowest BCUT2D eigenvalue weighted by Crippen LogP contribution is -2.18. The summed E-state index contributed by atoms with van der Waals surface area (Å²) in [7, 11) is 0. The van der Waals surface area contributed by atoms with E-state index < -0.39 is 0 Å². The van der Waals surface area contributed by atoms with Crippen LogP contribution in [0.3, 0.4) is 0 Å². The zero-order valence-corrected chi connectivity index (χ0v) is 9.88. The Balaban J connectivity index is 2.03. The van der Waals surface area contributed by atoms with Crippen molar-refractivity contribution in [1.29, 1.82) is 0 Å². The Morgan fingerprint density at radius 3 is 3.12 bits per heavy atom. The first-order chi connectivity index (χ1) is 8.36. The Morgan fingerprint density at radius 2 is 2.35 bits per heavy atom. The maximum Gasteiger partial charge on any atom is 0.170 e. The number of amidine groups is 1. The van der Waals surface area contributed by atoms with Gasteiger partial charge in [-0.25, -0.2) is 0 Å². The highest BCUT2D eigenvalue weighted by molar-refractivity contribution is 7.79. The first-order valence-electron chi connectivity index (χ1n) is 5.39. The van der Waals surface area contributed by atoms with Crippen molar-refractivity contribution >= 4 is 40.2 Å². The van der Waals surface area contributed by atoms with Gasteiger partial charge >= 0.3 is 0 Å². The SMILES string of the molecule is S=CNc1ccc2oc(C3=NCCN3)cc2c1. The minimum atomic E-state index is 0.789. The molecule has 0 fully saturated rings. The number of benzene rings is 1. The molecule has 0 atom stereocenters. The van der Waals surface area contributed by atoms with Gasteiger partial charge < -0.3 is 15.1 Å². The van der Waals surface area contributed by atoms with Gasteiger partial charge in [-0.3, -0.25) is 4.99 Å². The summed E-state index contributed by atoms with van der Waals surface area (Å²) in [6.45, 7) is 1.69. The van der Waals surface area contributed by atoms with Crippen LogP contribution in [0.4, 0.5) is 5.69 Å². The molecule has 2 N–H and O–H groups in total. The van der Waals surface area contributed by atoms with Gasteiger partial charge in [-0.05, 0) is 24.3 Å². The van der Waals surface area contributed by atoms with Crippen molar-refractivity contribution in [3.63, 3.8) is 0 Å². The molecule has 4 nitrogen and oxygen atoms in total. The third-order valence-electron chi connectivity index (χ3n) is 2.65. The van der Waals surface area contributed by atoms with Gasteiger partial charge in [0.1, 0.15) is 5.58 Å². The summed E-state index contributed by atoms with van der Waals surface area (Å²) in [5.74, 6) is 1.63. The zero-order valence-electron chi connectivity index (χ0n) is 9.06. The van der Waals surface area contributed by atoms with Crippen LogP contribution in [0.1, 0.15) is 5.76 Å². The van der Waals surface area contributed by atoms with Crippen molar-refractivity contribution in [1.82, 2.24) is 5.32 Å². The van der Waals surface area contributed by atoms with Crippen LogP contribution in [0.25, 0.3) is 11.0 Å². The first-order valence-corrected chi connectivity index (χ1v) is 5.86. The van der Waals surface area contributed by atoms with Crippen LogP contribution in [-0.4, -0.2) is 24.4 Å². The van der Waals surface area contributed by atoms with E-state index >= 15 is 0 Å². The Labute approximate surface area is 104 Å². The van der Waals surface area contributed by atoms with Crippen molar-refractivity contribution < 1.29 is 4.42 Å². The highest BCUT2D eigenvalue weighted by Crippen LogP contribution is 2.23. The Hall–Kier alpha value is -1.88. The van der Waals surface area contributed by atoms with E-state index in [9.17, 15) is 0 Å². The van der Waals surface area contributed by atoms with Gasteiger partial charge in [0.05, 0.1) is 12.0 Å². The van der Waals surface area contributed by atoms with Crippen LogP contribution in [0.5, 0.6) is 0 Å². The summed E-state index contributed by atoms with van der Waals surface area (Å²) >= 11 is 4.76. The molecule has 0 saturated heterocycles. The molecule has 86 valence electrons. The molecular weight excluding hydrogens is 234 g/mol. The Kier molecular flexibility index (Phi) is 2.53. The fraction of sp³-hybridized carbons (Fsp3) is 0.167. The van der Waals surface area contributed by atoms with E-state index in [-0.39, 0.29) is 0 Å². The minimum absolute atomic E-state index is 0.789. The normalized spacial score (nSPS) is 14.5. The molecule has 0 aliphatic carbocycles. The van der Waals surface area contributed by atoms with Gasteiger partial charge in [-0.1, -0.05) is 12.2 Å². The van der Waals surface area contributed by atoms with Crippen LogP contribution in [0, 0.1) is 0 Å². The van der Waals surface area contributed by atoms with Gasteiger partial charge in [0.15, 0.2) is 11.6 Å². The second-order valence-corrected chi connectivity index (χ2v) is 4.02. The van der Waals surface area contributed by atoms with E-state index in [1.807, 2.05) is 24.3 Å². The number of nitrogens with one attached hydrogen (secondary N) is 2. The molecule has 0 radical (unpaired) electrons.